The molecule has 6 aromatic rings. The van der Waals surface area contributed by atoms with Gasteiger partial charge in [0.2, 0.25) is 0 Å². The van der Waals surface area contributed by atoms with E-state index in [2.05, 4.69) is 120 Å². The molecule has 0 saturated carbocycles. The third-order valence-electron chi connectivity index (χ3n) is 7.59. The minimum Gasteiger partial charge on any atom is -0.348 e. The molecule has 1 atom stereocenters. The van der Waals surface area contributed by atoms with Gasteiger partial charge in [0.15, 0.2) is 0 Å². The molecule has 3 heterocycles. The maximum atomic E-state index is 5.39. The van der Waals surface area contributed by atoms with Crippen LogP contribution in [0.3, 0.4) is 0 Å². The zero-order valence-electron chi connectivity index (χ0n) is 19.8. The van der Waals surface area contributed by atoms with Gasteiger partial charge in [-0.2, -0.15) is 0 Å². The first-order valence-corrected chi connectivity index (χ1v) is 13.2. The van der Waals surface area contributed by atoms with Gasteiger partial charge in [0.1, 0.15) is 16.8 Å². The van der Waals surface area contributed by atoms with E-state index in [1.807, 2.05) is 11.3 Å². The lowest BCUT2D eigenvalue weighted by Crippen LogP contribution is -2.29. The van der Waals surface area contributed by atoms with Gasteiger partial charge in [0.05, 0.1) is 5.52 Å². The van der Waals surface area contributed by atoms with Crippen LogP contribution in [-0.2, 0) is 6.42 Å². The lowest BCUT2D eigenvalue weighted by molar-refractivity contribution is 0.363. The average molecular weight is 482 g/mol. The zero-order valence-corrected chi connectivity index (χ0v) is 20.7. The summed E-state index contributed by atoms with van der Waals surface area (Å²) in [6.07, 6.45) is 3.25. The number of thiophene rings is 1. The van der Waals surface area contributed by atoms with Crippen molar-refractivity contribution >= 4 is 54.1 Å². The van der Waals surface area contributed by atoms with Gasteiger partial charge in [0, 0.05) is 39.7 Å². The largest absolute Gasteiger partial charge is 0.348 e. The van der Waals surface area contributed by atoms with Gasteiger partial charge >= 0.3 is 0 Å². The van der Waals surface area contributed by atoms with E-state index < -0.39 is 0 Å². The van der Waals surface area contributed by atoms with Crippen LogP contribution in [-0.4, -0.2) is 22.4 Å². The van der Waals surface area contributed by atoms with Crippen molar-refractivity contribution in [1.82, 2.24) is 9.47 Å². The molecular weight excluding hydrogens is 458 g/mol. The lowest BCUT2D eigenvalue weighted by Gasteiger charge is -2.34. The van der Waals surface area contributed by atoms with Crippen LogP contribution in [0, 0.1) is 0 Å². The van der Waals surface area contributed by atoms with E-state index in [4.69, 9.17) is 4.99 Å². The minimum atomic E-state index is -0.107. The molecule has 36 heavy (non-hydrogen) atoms. The summed E-state index contributed by atoms with van der Waals surface area (Å²) in [4.78, 5) is 8.97. The summed E-state index contributed by atoms with van der Waals surface area (Å²) in [7, 11) is 2.15. The number of hydrogen-bond acceptors (Lipinski definition) is 3. The smallest absolute Gasteiger partial charge is 0.149 e. The summed E-state index contributed by atoms with van der Waals surface area (Å²) in [5.41, 5.74) is 7.70. The maximum absolute atomic E-state index is 5.39. The summed E-state index contributed by atoms with van der Waals surface area (Å²) in [6.45, 7) is 0. The quantitative estimate of drug-likeness (QED) is 0.246. The minimum absolute atomic E-state index is 0.107. The fourth-order valence-corrected chi connectivity index (χ4v) is 7.21. The van der Waals surface area contributed by atoms with Crippen molar-refractivity contribution in [2.45, 2.75) is 12.6 Å². The molecule has 172 valence electrons. The van der Waals surface area contributed by atoms with Gasteiger partial charge in [-0.3, -0.25) is 4.57 Å². The number of hydrogen-bond donors (Lipinski definition) is 0. The average Bonchev–Trinajstić information content (AvgIpc) is 3.44. The van der Waals surface area contributed by atoms with Crippen LogP contribution in [0.2, 0.25) is 0 Å². The predicted octanol–water partition coefficient (Wildman–Crippen LogP) is 7.85. The normalized spacial score (nSPS) is 16.9. The molecule has 1 unspecified atom stereocenters. The van der Waals surface area contributed by atoms with E-state index in [1.165, 1.54) is 59.2 Å². The van der Waals surface area contributed by atoms with Gasteiger partial charge in [-0.05, 0) is 40.8 Å². The Hall–Kier alpha value is -4.15. The van der Waals surface area contributed by atoms with Crippen molar-refractivity contribution < 1.29 is 0 Å². The number of para-hydroxylation sites is 1. The van der Waals surface area contributed by atoms with Crippen LogP contribution in [0.1, 0.15) is 28.4 Å². The Morgan fingerprint density at radius 1 is 0.833 bits per heavy atom. The zero-order chi connectivity index (χ0) is 23.8. The van der Waals surface area contributed by atoms with Gasteiger partial charge in [-0.1, -0.05) is 84.9 Å². The van der Waals surface area contributed by atoms with Crippen LogP contribution in [0.15, 0.2) is 108 Å². The molecular formula is C32H23N3S. The van der Waals surface area contributed by atoms with E-state index in [9.17, 15) is 0 Å². The highest BCUT2D eigenvalue weighted by Crippen LogP contribution is 2.46. The molecule has 2 bridgehead atoms. The Kier molecular flexibility index (Phi) is 4.14. The van der Waals surface area contributed by atoms with Crippen molar-refractivity contribution in [1.29, 1.82) is 0 Å². The molecule has 0 spiro atoms. The molecule has 9 rings (SSSR count). The summed E-state index contributed by atoms with van der Waals surface area (Å²) in [5, 5.41) is 4.11. The molecule has 0 radical (unpaired) electrons. The second kappa shape index (κ2) is 7.42. The van der Waals surface area contributed by atoms with E-state index in [-0.39, 0.29) is 6.17 Å². The molecule has 3 aliphatic rings. The molecule has 2 aromatic heterocycles. The predicted molar refractivity (Wildman–Crippen MR) is 152 cm³/mol. The number of rotatable bonds is 2. The van der Waals surface area contributed by atoms with Crippen LogP contribution in [0.25, 0.3) is 36.9 Å². The molecule has 3 nitrogen and oxygen atoms in total. The van der Waals surface area contributed by atoms with Gasteiger partial charge in [0.25, 0.3) is 0 Å². The Morgan fingerprint density at radius 2 is 1.56 bits per heavy atom. The van der Waals surface area contributed by atoms with Gasteiger partial charge in [-0.25, -0.2) is 4.99 Å². The van der Waals surface area contributed by atoms with E-state index in [0.29, 0.717) is 0 Å². The highest BCUT2D eigenvalue weighted by molar-refractivity contribution is 7.26. The third-order valence-corrected chi connectivity index (χ3v) is 8.71. The fourth-order valence-electron chi connectivity index (χ4n) is 5.86. The van der Waals surface area contributed by atoms with Crippen LogP contribution >= 0.6 is 11.3 Å². The number of nitrogens with zero attached hydrogens (tertiary/aromatic N) is 3. The monoisotopic (exact) mass is 481 g/mol. The van der Waals surface area contributed by atoms with Crippen molar-refractivity contribution in [3.63, 3.8) is 0 Å². The Morgan fingerprint density at radius 3 is 2.36 bits per heavy atom. The van der Waals surface area contributed by atoms with E-state index in [0.717, 1.165) is 12.3 Å². The third kappa shape index (κ3) is 2.76. The molecule has 0 amide bonds. The second-order valence-electron chi connectivity index (χ2n) is 9.72. The highest BCUT2D eigenvalue weighted by atomic mass is 32.1. The molecule has 4 aromatic carbocycles. The number of benzene rings is 4. The molecule has 1 aliphatic heterocycles. The number of aliphatic imine (C=N–C) groups is 1. The summed E-state index contributed by atoms with van der Waals surface area (Å²) < 4.78 is 3.79. The van der Waals surface area contributed by atoms with E-state index >= 15 is 0 Å². The molecule has 0 saturated heterocycles. The fraction of sp³-hybridized carbons (Fsp3) is 0.0938. The molecule has 2 aliphatic carbocycles. The van der Waals surface area contributed by atoms with Crippen molar-refractivity contribution in [2.75, 3.05) is 7.05 Å². The van der Waals surface area contributed by atoms with Crippen molar-refractivity contribution in [2.24, 2.45) is 4.99 Å². The SMILES string of the molecule is CN1C(c2ccccc2)=CC(n2c3ccccc3c3c4c5cc(cc4sc32)C5)=NC1c1ccccc1. The van der Waals surface area contributed by atoms with Crippen LogP contribution < -0.4 is 0 Å². The topological polar surface area (TPSA) is 20.5 Å². The number of fused-ring (bicyclic) bond motifs is 3. The number of aromatic nitrogens is 1. The van der Waals surface area contributed by atoms with Crippen LogP contribution in [0.4, 0.5) is 0 Å². The first-order chi connectivity index (χ1) is 17.8. The van der Waals surface area contributed by atoms with E-state index in [1.54, 1.807) is 0 Å². The highest BCUT2D eigenvalue weighted by Gasteiger charge is 2.28. The van der Waals surface area contributed by atoms with Gasteiger partial charge < -0.3 is 4.90 Å². The summed E-state index contributed by atoms with van der Waals surface area (Å²) in [6, 6.07) is 34.8. The Balaban J connectivity index is 1.45. The maximum Gasteiger partial charge on any atom is 0.149 e. The first kappa shape index (κ1) is 20.1. The number of allylic oxidation sites excluding steroid dienone is 1. The summed E-state index contributed by atoms with van der Waals surface area (Å²) >= 11 is 1.90. The standard InChI is InChI=1S/C32H23N3S/c1-34-26(21-10-4-2-5-11-21)19-28(33-31(34)22-12-6-3-7-13-22)35-25-15-9-8-14-24(25)30-29-23-16-20(17-23)18-27(29)36-32(30)35/h2-16,18-19,31H,17H2,1H3. The Labute approximate surface area is 213 Å². The molecule has 0 fully saturated rings. The van der Waals surface area contributed by atoms with Crippen molar-refractivity contribution in [3.05, 3.63) is 125 Å². The van der Waals surface area contributed by atoms with Crippen molar-refractivity contribution in [3.8, 4) is 0 Å². The molecule has 4 heteroatoms. The van der Waals surface area contributed by atoms with Crippen LogP contribution in [0.5, 0.6) is 0 Å². The lowest BCUT2D eigenvalue weighted by atomic mass is 9.89. The molecule has 0 N–H and O–H groups in total. The second-order valence-corrected chi connectivity index (χ2v) is 10.7. The Bertz CT molecular complexity index is 1870. The van der Waals surface area contributed by atoms with Gasteiger partial charge in [-0.15, -0.1) is 11.3 Å². The summed E-state index contributed by atoms with van der Waals surface area (Å²) in [5.74, 6) is 0.986. The first-order valence-electron chi connectivity index (χ1n) is 12.4.